The van der Waals surface area contributed by atoms with E-state index in [-0.39, 0.29) is 11.5 Å². The van der Waals surface area contributed by atoms with E-state index in [1.165, 1.54) is 12.8 Å². The van der Waals surface area contributed by atoms with E-state index in [9.17, 15) is 5.11 Å². The van der Waals surface area contributed by atoms with Crippen LogP contribution < -0.4 is 0 Å². The Labute approximate surface area is 68.8 Å². The van der Waals surface area contributed by atoms with Crippen LogP contribution in [0.15, 0.2) is 0 Å². The van der Waals surface area contributed by atoms with Crippen LogP contribution in [0.4, 0.5) is 0 Å². The Balaban J connectivity index is 2.40. The van der Waals surface area contributed by atoms with Crippen molar-refractivity contribution in [2.24, 2.45) is 16.7 Å². The number of rotatable bonds is 0. The van der Waals surface area contributed by atoms with Crippen LogP contribution in [0, 0.1) is 16.7 Å². The van der Waals surface area contributed by atoms with E-state index in [4.69, 9.17) is 0 Å². The van der Waals surface area contributed by atoms with E-state index in [1.54, 1.807) is 0 Å². The third kappa shape index (κ3) is 0.658. The van der Waals surface area contributed by atoms with Crippen LogP contribution in [0.3, 0.4) is 0 Å². The van der Waals surface area contributed by atoms with Gasteiger partial charge in [0, 0.05) is 0 Å². The fourth-order valence-electron chi connectivity index (χ4n) is 3.16. The minimum atomic E-state index is -0.0313. The summed E-state index contributed by atoms with van der Waals surface area (Å²) in [5, 5.41) is 9.81. The first-order chi connectivity index (χ1) is 4.98. The van der Waals surface area contributed by atoms with Crippen LogP contribution >= 0.6 is 0 Å². The van der Waals surface area contributed by atoms with Crippen molar-refractivity contribution < 1.29 is 5.11 Å². The molecule has 0 aromatic carbocycles. The van der Waals surface area contributed by atoms with E-state index >= 15 is 0 Å². The van der Waals surface area contributed by atoms with Gasteiger partial charge in [-0.05, 0) is 36.0 Å². The molecule has 0 heterocycles. The molecule has 0 aliphatic heterocycles. The Hall–Kier alpha value is -0.0400. The summed E-state index contributed by atoms with van der Waals surface area (Å²) >= 11 is 0. The van der Waals surface area contributed by atoms with Gasteiger partial charge in [0.25, 0.3) is 0 Å². The van der Waals surface area contributed by atoms with Crippen LogP contribution in [0.25, 0.3) is 0 Å². The minimum Gasteiger partial charge on any atom is -0.393 e. The lowest BCUT2D eigenvalue weighted by Crippen LogP contribution is -2.35. The molecule has 1 nitrogen and oxygen atoms in total. The predicted molar refractivity (Wildman–Crippen MR) is 45.2 cm³/mol. The van der Waals surface area contributed by atoms with Gasteiger partial charge in [0.15, 0.2) is 0 Å². The third-order valence-electron chi connectivity index (χ3n) is 4.75. The lowest BCUT2D eigenvalue weighted by Gasteiger charge is -2.36. The van der Waals surface area contributed by atoms with Crippen molar-refractivity contribution in [2.75, 3.05) is 0 Å². The summed E-state index contributed by atoms with van der Waals surface area (Å²) in [7, 11) is 0. The summed E-state index contributed by atoms with van der Waals surface area (Å²) in [6.45, 7) is 6.90. The molecule has 0 aromatic rings. The zero-order valence-corrected chi connectivity index (χ0v) is 7.72. The highest BCUT2D eigenvalue weighted by atomic mass is 16.3. The molecule has 2 bridgehead atoms. The minimum absolute atomic E-state index is 0.0313. The largest absolute Gasteiger partial charge is 0.393 e. The van der Waals surface area contributed by atoms with Crippen molar-refractivity contribution in [1.29, 1.82) is 0 Å². The lowest BCUT2D eigenvalue weighted by atomic mass is 9.70. The first-order valence-corrected chi connectivity index (χ1v) is 4.66. The van der Waals surface area contributed by atoms with E-state index < -0.39 is 0 Å². The van der Waals surface area contributed by atoms with Gasteiger partial charge >= 0.3 is 0 Å². The second-order valence-electron chi connectivity index (χ2n) is 5.13. The van der Waals surface area contributed by atoms with Gasteiger partial charge in [0.1, 0.15) is 0 Å². The van der Waals surface area contributed by atoms with Gasteiger partial charge in [-0.25, -0.2) is 0 Å². The fourth-order valence-corrected chi connectivity index (χ4v) is 3.16. The standard InChI is InChI=1S/C10H18O/c1-9(2)7-4-5-10(9,3)8(11)6-7/h7-8,11H,4-6H2,1-3H3/t7?,8-,10-/m0/s1. The topological polar surface area (TPSA) is 20.2 Å². The first kappa shape index (κ1) is 7.60. The molecule has 2 aliphatic carbocycles. The van der Waals surface area contributed by atoms with Gasteiger partial charge in [-0.1, -0.05) is 20.8 Å². The van der Waals surface area contributed by atoms with Crippen molar-refractivity contribution in [1.82, 2.24) is 0 Å². The number of fused-ring (bicyclic) bond motifs is 2. The maximum atomic E-state index is 9.81. The zero-order chi connectivity index (χ0) is 8.28. The predicted octanol–water partition coefficient (Wildman–Crippen LogP) is 2.19. The summed E-state index contributed by atoms with van der Waals surface area (Å²) in [5.74, 6) is 0.780. The molecule has 1 heteroatoms. The van der Waals surface area contributed by atoms with Crippen molar-refractivity contribution >= 4 is 0 Å². The molecule has 2 aliphatic rings. The summed E-state index contributed by atoms with van der Waals surface area (Å²) in [6.07, 6.45) is 3.58. The van der Waals surface area contributed by atoms with E-state index in [1.807, 2.05) is 0 Å². The molecule has 2 fully saturated rings. The van der Waals surface area contributed by atoms with Crippen molar-refractivity contribution in [3.05, 3.63) is 0 Å². The average Bonchev–Trinajstić information content (AvgIpc) is 2.20. The van der Waals surface area contributed by atoms with Crippen LogP contribution in [-0.4, -0.2) is 11.2 Å². The monoisotopic (exact) mass is 154 g/mol. The molecule has 1 N–H and O–H groups in total. The van der Waals surface area contributed by atoms with Crippen LogP contribution in [0.1, 0.15) is 40.0 Å². The van der Waals surface area contributed by atoms with Gasteiger partial charge in [0.05, 0.1) is 6.10 Å². The first-order valence-electron chi connectivity index (χ1n) is 4.66. The quantitative estimate of drug-likeness (QED) is 0.567. The normalized spacial score (nSPS) is 53.5. The molecular weight excluding hydrogens is 136 g/mol. The Bertz CT molecular complexity index is 185. The smallest absolute Gasteiger partial charge is 0.0601 e. The highest BCUT2D eigenvalue weighted by Gasteiger charge is 2.60. The molecule has 0 saturated heterocycles. The van der Waals surface area contributed by atoms with Crippen molar-refractivity contribution in [2.45, 2.75) is 46.1 Å². The summed E-state index contributed by atoms with van der Waals surface area (Å²) in [4.78, 5) is 0. The van der Waals surface area contributed by atoms with E-state index in [0.29, 0.717) is 5.41 Å². The second kappa shape index (κ2) is 1.82. The fraction of sp³-hybridized carbons (Fsp3) is 1.00. The van der Waals surface area contributed by atoms with Gasteiger partial charge in [-0.3, -0.25) is 0 Å². The highest BCUT2D eigenvalue weighted by molar-refractivity contribution is 5.10. The molecule has 3 atom stereocenters. The molecule has 0 aromatic heterocycles. The second-order valence-corrected chi connectivity index (χ2v) is 5.13. The molecule has 2 rings (SSSR count). The van der Waals surface area contributed by atoms with Gasteiger partial charge in [-0.15, -0.1) is 0 Å². The summed E-state index contributed by atoms with van der Waals surface area (Å²) in [6, 6.07) is 0. The molecule has 0 radical (unpaired) electrons. The molecule has 11 heavy (non-hydrogen) atoms. The Kier molecular flexibility index (Phi) is 1.26. The molecule has 64 valence electrons. The van der Waals surface area contributed by atoms with Crippen molar-refractivity contribution in [3.63, 3.8) is 0 Å². The Morgan fingerprint density at radius 2 is 1.91 bits per heavy atom. The Morgan fingerprint density at radius 3 is 2.09 bits per heavy atom. The Morgan fingerprint density at radius 1 is 1.27 bits per heavy atom. The number of hydrogen-bond acceptors (Lipinski definition) is 1. The number of aliphatic hydroxyl groups is 1. The molecule has 1 unspecified atom stereocenters. The lowest BCUT2D eigenvalue weighted by molar-refractivity contribution is 0.0126. The maximum absolute atomic E-state index is 9.81. The third-order valence-corrected chi connectivity index (χ3v) is 4.75. The van der Waals surface area contributed by atoms with Crippen molar-refractivity contribution in [3.8, 4) is 0 Å². The summed E-state index contributed by atoms with van der Waals surface area (Å²) in [5.41, 5.74) is 0.601. The van der Waals surface area contributed by atoms with Gasteiger partial charge in [0.2, 0.25) is 0 Å². The maximum Gasteiger partial charge on any atom is 0.0601 e. The SMILES string of the molecule is CC1(C)C2CC[C@@]1(C)[C@@H](O)C2. The van der Waals surface area contributed by atoms with Crippen LogP contribution in [0.2, 0.25) is 0 Å². The number of aliphatic hydroxyl groups excluding tert-OH is 1. The number of hydrogen-bond donors (Lipinski definition) is 1. The molecule has 0 spiro atoms. The summed E-state index contributed by atoms with van der Waals surface area (Å²) < 4.78 is 0. The van der Waals surface area contributed by atoms with E-state index in [2.05, 4.69) is 20.8 Å². The van der Waals surface area contributed by atoms with E-state index in [0.717, 1.165) is 12.3 Å². The zero-order valence-electron chi connectivity index (χ0n) is 7.72. The molecule has 2 saturated carbocycles. The molecular formula is C10H18O. The average molecular weight is 154 g/mol. The highest BCUT2D eigenvalue weighted by Crippen LogP contribution is 2.65. The van der Waals surface area contributed by atoms with Gasteiger partial charge < -0.3 is 5.11 Å². The van der Waals surface area contributed by atoms with Crippen LogP contribution in [0.5, 0.6) is 0 Å². The molecule has 0 amide bonds. The van der Waals surface area contributed by atoms with Crippen LogP contribution in [-0.2, 0) is 0 Å². The van der Waals surface area contributed by atoms with Gasteiger partial charge in [-0.2, -0.15) is 0 Å².